The van der Waals surface area contributed by atoms with E-state index in [1.54, 1.807) is 0 Å². The van der Waals surface area contributed by atoms with Gasteiger partial charge in [0.15, 0.2) is 0 Å². The van der Waals surface area contributed by atoms with Gasteiger partial charge in [-0.05, 0) is 19.3 Å². The van der Waals surface area contributed by atoms with Crippen molar-refractivity contribution >= 4 is 0 Å². The van der Waals surface area contributed by atoms with Gasteiger partial charge in [-0.3, -0.25) is 0 Å². The van der Waals surface area contributed by atoms with Gasteiger partial charge in [0.05, 0.1) is 6.10 Å². The minimum absolute atomic E-state index is 0.543. The van der Waals surface area contributed by atoms with Gasteiger partial charge in [-0.2, -0.15) is 0 Å². The first-order valence-corrected chi connectivity index (χ1v) is 5.10. The predicted octanol–water partition coefficient (Wildman–Crippen LogP) is 1.94. The molecule has 2 nitrogen and oxygen atoms in total. The van der Waals surface area contributed by atoms with Crippen LogP contribution in [0.4, 0.5) is 0 Å². The van der Waals surface area contributed by atoms with Crippen LogP contribution in [-0.4, -0.2) is 24.8 Å². The van der Waals surface area contributed by atoms with Crippen LogP contribution in [0.15, 0.2) is 0 Å². The second-order valence-electron chi connectivity index (χ2n) is 3.98. The maximum atomic E-state index is 5.60. The fourth-order valence-electron chi connectivity index (χ4n) is 1.59. The second-order valence-corrected chi connectivity index (χ2v) is 3.98. The topological polar surface area (TPSA) is 21.3 Å². The molecule has 1 N–H and O–H groups in total. The van der Waals surface area contributed by atoms with E-state index in [1.807, 2.05) is 0 Å². The van der Waals surface area contributed by atoms with Crippen molar-refractivity contribution in [3.8, 4) is 0 Å². The van der Waals surface area contributed by atoms with Crippen molar-refractivity contribution in [2.45, 2.75) is 58.2 Å². The number of rotatable bonds is 5. The van der Waals surface area contributed by atoms with Gasteiger partial charge < -0.3 is 10.1 Å². The molecule has 0 aliphatic heterocycles. The molecule has 12 heavy (non-hydrogen) atoms. The molecule has 0 aromatic rings. The van der Waals surface area contributed by atoms with Crippen molar-refractivity contribution in [2.24, 2.45) is 0 Å². The summed E-state index contributed by atoms with van der Waals surface area (Å²) in [5, 5.41) is 3.51. The van der Waals surface area contributed by atoms with E-state index in [4.69, 9.17) is 4.74 Å². The van der Waals surface area contributed by atoms with Crippen LogP contribution >= 0.6 is 0 Å². The van der Waals surface area contributed by atoms with Crippen molar-refractivity contribution in [3.05, 3.63) is 0 Å². The molecule has 0 bridgehead atoms. The molecule has 0 radical (unpaired) electrons. The smallest absolute Gasteiger partial charge is 0.0604 e. The van der Waals surface area contributed by atoms with Crippen LogP contribution < -0.4 is 5.32 Å². The lowest BCUT2D eigenvalue weighted by atomic mass is 9.89. The molecule has 1 saturated carbocycles. The molecular weight excluding hydrogens is 150 g/mol. The van der Waals surface area contributed by atoms with Crippen molar-refractivity contribution in [1.29, 1.82) is 0 Å². The number of nitrogens with one attached hydrogen (secondary N) is 1. The standard InChI is InChI=1S/C10H21NO/c1-4-5-12-10-6-9(7-10)11-8(2)3/h8-11H,4-7H2,1-3H3. The predicted molar refractivity (Wildman–Crippen MR) is 51.3 cm³/mol. The lowest BCUT2D eigenvalue weighted by molar-refractivity contribution is -0.0175. The molecule has 0 aromatic heterocycles. The maximum Gasteiger partial charge on any atom is 0.0604 e. The molecule has 0 atom stereocenters. The molecule has 0 unspecified atom stereocenters. The molecule has 0 aromatic carbocycles. The number of ether oxygens (including phenoxy) is 1. The third-order valence-electron chi connectivity index (χ3n) is 2.22. The Bertz CT molecular complexity index is 119. The van der Waals surface area contributed by atoms with Crippen LogP contribution in [0.25, 0.3) is 0 Å². The van der Waals surface area contributed by atoms with E-state index < -0.39 is 0 Å². The highest BCUT2D eigenvalue weighted by atomic mass is 16.5. The first-order chi connectivity index (χ1) is 5.72. The van der Waals surface area contributed by atoms with E-state index in [1.165, 1.54) is 12.8 Å². The summed E-state index contributed by atoms with van der Waals surface area (Å²) in [6.45, 7) is 7.47. The van der Waals surface area contributed by atoms with Crippen molar-refractivity contribution in [1.82, 2.24) is 5.32 Å². The first kappa shape index (κ1) is 10.0. The van der Waals surface area contributed by atoms with Crippen LogP contribution in [0.2, 0.25) is 0 Å². The van der Waals surface area contributed by atoms with E-state index in [0.29, 0.717) is 18.2 Å². The van der Waals surface area contributed by atoms with E-state index in [-0.39, 0.29) is 0 Å². The minimum atomic E-state index is 0.543. The molecule has 0 amide bonds. The fourth-order valence-corrected chi connectivity index (χ4v) is 1.59. The highest BCUT2D eigenvalue weighted by Crippen LogP contribution is 2.23. The SMILES string of the molecule is CCCOC1CC(NC(C)C)C1. The Balaban J connectivity index is 1.96. The third-order valence-corrected chi connectivity index (χ3v) is 2.22. The molecule has 1 aliphatic rings. The molecule has 1 rings (SSSR count). The van der Waals surface area contributed by atoms with E-state index in [0.717, 1.165) is 13.0 Å². The van der Waals surface area contributed by atoms with Crippen LogP contribution in [0.5, 0.6) is 0 Å². The van der Waals surface area contributed by atoms with E-state index in [9.17, 15) is 0 Å². The zero-order valence-corrected chi connectivity index (χ0v) is 8.47. The summed E-state index contributed by atoms with van der Waals surface area (Å²) in [6, 6.07) is 1.33. The summed E-state index contributed by atoms with van der Waals surface area (Å²) in [5.41, 5.74) is 0. The number of hydrogen-bond donors (Lipinski definition) is 1. The highest BCUT2D eigenvalue weighted by Gasteiger charge is 2.29. The maximum absolute atomic E-state index is 5.60. The van der Waals surface area contributed by atoms with Gasteiger partial charge in [0.2, 0.25) is 0 Å². The summed E-state index contributed by atoms with van der Waals surface area (Å²) >= 11 is 0. The lowest BCUT2D eigenvalue weighted by Crippen LogP contribution is -2.47. The molecule has 2 heteroatoms. The Labute approximate surface area is 75.7 Å². The second kappa shape index (κ2) is 4.83. The summed E-state index contributed by atoms with van der Waals surface area (Å²) in [5.74, 6) is 0. The van der Waals surface area contributed by atoms with Gasteiger partial charge in [0, 0.05) is 18.7 Å². The Hall–Kier alpha value is -0.0800. The summed E-state index contributed by atoms with van der Waals surface area (Å²) in [4.78, 5) is 0. The van der Waals surface area contributed by atoms with Gasteiger partial charge in [0.1, 0.15) is 0 Å². The Morgan fingerprint density at radius 3 is 2.58 bits per heavy atom. The lowest BCUT2D eigenvalue weighted by Gasteiger charge is -2.36. The zero-order valence-electron chi connectivity index (χ0n) is 8.47. The average Bonchev–Trinajstić information content (AvgIpc) is 1.93. The minimum Gasteiger partial charge on any atom is -0.378 e. The largest absolute Gasteiger partial charge is 0.378 e. The summed E-state index contributed by atoms with van der Waals surface area (Å²) in [6.07, 6.45) is 4.09. The van der Waals surface area contributed by atoms with Gasteiger partial charge in [0.25, 0.3) is 0 Å². The van der Waals surface area contributed by atoms with Crippen molar-refractivity contribution < 1.29 is 4.74 Å². The van der Waals surface area contributed by atoms with Gasteiger partial charge in [-0.1, -0.05) is 20.8 Å². The average molecular weight is 171 g/mol. The van der Waals surface area contributed by atoms with Gasteiger partial charge in [-0.15, -0.1) is 0 Å². The van der Waals surface area contributed by atoms with E-state index in [2.05, 4.69) is 26.1 Å². The molecule has 0 saturated heterocycles. The number of hydrogen-bond acceptors (Lipinski definition) is 2. The van der Waals surface area contributed by atoms with E-state index >= 15 is 0 Å². The molecule has 1 aliphatic carbocycles. The van der Waals surface area contributed by atoms with Crippen LogP contribution in [0, 0.1) is 0 Å². The molecular formula is C10H21NO. The fraction of sp³-hybridized carbons (Fsp3) is 1.00. The Kier molecular flexibility index (Phi) is 4.02. The molecule has 0 heterocycles. The zero-order chi connectivity index (χ0) is 8.97. The normalized spacial score (nSPS) is 29.0. The monoisotopic (exact) mass is 171 g/mol. The quantitative estimate of drug-likeness (QED) is 0.682. The molecule has 72 valence electrons. The van der Waals surface area contributed by atoms with Crippen molar-refractivity contribution in [2.75, 3.05) is 6.61 Å². The third kappa shape index (κ3) is 3.11. The first-order valence-electron chi connectivity index (χ1n) is 5.10. The van der Waals surface area contributed by atoms with Gasteiger partial charge in [-0.25, -0.2) is 0 Å². The summed E-state index contributed by atoms with van der Waals surface area (Å²) < 4.78 is 5.60. The Morgan fingerprint density at radius 2 is 2.08 bits per heavy atom. The van der Waals surface area contributed by atoms with Crippen molar-refractivity contribution in [3.63, 3.8) is 0 Å². The summed E-state index contributed by atoms with van der Waals surface area (Å²) in [7, 11) is 0. The van der Waals surface area contributed by atoms with Gasteiger partial charge >= 0.3 is 0 Å². The van der Waals surface area contributed by atoms with Crippen LogP contribution in [-0.2, 0) is 4.74 Å². The van der Waals surface area contributed by atoms with Crippen LogP contribution in [0.1, 0.15) is 40.0 Å². The highest BCUT2D eigenvalue weighted by molar-refractivity contribution is 4.86. The molecule has 1 fully saturated rings. The Morgan fingerprint density at radius 1 is 1.42 bits per heavy atom. The molecule has 0 spiro atoms. The van der Waals surface area contributed by atoms with Crippen LogP contribution in [0.3, 0.4) is 0 Å².